The van der Waals surface area contributed by atoms with Gasteiger partial charge in [-0.1, -0.05) is 0 Å². The summed E-state index contributed by atoms with van der Waals surface area (Å²) in [7, 11) is 2.03. The molecule has 19 heavy (non-hydrogen) atoms. The van der Waals surface area contributed by atoms with Crippen LogP contribution < -0.4 is 5.32 Å². The monoisotopic (exact) mass is 263 g/mol. The zero-order valence-corrected chi connectivity index (χ0v) is 10.9. The molecule has 0 radical (unpaired) electrons. The fourth-order valence-corrected chi connectivity index (χ4v) is 1.83. The summed E-state index contributed by atoms with van der Waals surface area (Å²) in [5, 5.41) is 2.56. The van der Waals surface area contributed by atoms with Crippen molar-refractivity contribution in [2.24, 2.45) is 0 Å². The molecule has 102 valence electrons. The lowest BCUT2D eigenvalue weighted by atomic mass is 10.3. The Morgan fingerprint density at radius 2 is 2.00 bits per heavy atom. The molecule has 0 saturated carbocycles. The van der Waals surface area contributed by atoms with Crippen LogP contribution in [0.5, 0.6) is 0 Å². The summed E-state index contributed by atoms with van der Waals surface area (Å²) in [6, 6.07) is 0. The van der Waals surface area contributed by atoms with Crippen LogP contribution in [0.3, 0.4) is 0 Å². The van der Waals surface area contributed by atoms with Gasteiger partial charge in [0.15, 0.2) is 0 Å². The third kappa shape index (κ3) is 3.72. The van der Waals surface area contributed by atoms with Gasteiger partial charge < -0.3 is 15.1 Å². The van der Waals surface area contributed by atoms with Crippen molar-refractivity contribution in [3.8, 4) is 0 Å². The Kier molecular flexibility index (Phi) is 4.40. The van der Waals surface area contributed by atoms with Crippen molar-refractivity contribution in [2.45, 2.75) is 0 Å². The molecule has 1 saturated heterocycles. The fourth-order valence-electron chi connectivity index (χ4n) is 1.83. The van der Waals surface area contributed by atoms with Crippen molar-refractivity contribution in [3.63, 3.8) is 0 Å². The molecule has 0 atom stereocenters. The topological polar surface area (TPSA) is 78.4 Å². The molecular formula is C12H17N5O2. The maximum atomic E-state index is 11.9. The van der Waals surface area contributed by atoms with Gasteiger partial charge in [0.2, 0.25) is 5.91 Å². The normalized spacial score (nSPS) is 16.2. The number of aromatic nitrogens is 2. The quantitative estimate of drug-likeness (QED) is 0.755. The maximum Gasteiger partial charge on any atom is 0.271 e. The van der Waals surface area contributed by atoms with E-state index >= 15 is 0 Å². The van der Waals surface area contributed by atoms with Crippen molar-refractivity contribution >= 4 is 11.8 Å². The van der Waals surface area contributed by atoms with E-state index in [1.54, 1.807) is 4.90 Å². The van der Waals surface area contributed by atoms with Crippen LogP contribution in [0.4, 0.5) is 0 Å². The smallest absolute Gasteiger partial charge is 0.271 e. The van der Waals surface area contributed by atoms with Crippen molar-refractivity contribution in [1.82, 2.24) is 25.1 Å². The number of nitrogens with one attached hydrogen (secondary N) is 1. The highest BCUT2D eigenvalue weighted by atomic mass is 16.2. The molecule has 1 N–H and O–H groups in total. The summed E-state index contributed by atoms with van der Waals surface area (Å²) in [4.78, 5) is 35.2. The zero-order chi connectivity index (χ0) is 13.7. The van der Waals surface area contributed by atoms with Crippen LogP contribution in [0.15, 0.2) is 18.6 Å². The van der Waals surface area contributed by atoms with Crippen molar-refractivity contribution in [2.75, 3.05) is 39.8 Å². The Morgan fingerprint density at radius 3 is 2.63 bits per heavy atom. The first kappa shape index (κ1) is 13.4. The summed E-state index contributed by atoms with van der Waals surface area (Å²) in [5.41, 5.74) is 0.216. The molecule has 2 rings (SSSR count). The number of likely N-dealkylation sites (N-methyl/N-ethyl adjacent to an activating group) is 1. The van der Waals surface area contributed by atoms with Crippen molar-refractivity contribution in [3.05, 3.63) is 24.3 Å². The van der Waals surface area contributed by atoms with E-state index in [9.17, 15) is 9.59 Å². The van der Waals surface area contributed by atoms with Gasteiger partial charge in [-0.2, -0.15) is 0 Å². The van der Waals surface area contributed by atoms with E-state index in [1.165, 1.54) is 18.6 Å². The fraction of sp³-hybridized carbons (Fsp3) is 0.500. The second kappa shape index (κ2) is 6.24. The summed E-state index contributed by atoms with van der Waals surface area (Å²) < 4.78 is 0. The first-order chi connectivity index (χ1) is 9.16. The van der Waals surface area contributed by atoms with Gasteiger partial charge in [0.1, 0.15) is 5.69 Å². The van der Waals surface area contributed by atoms with Crippen LogP contribution in [0, 0.1) is 0 Å². The van der Waals surface area contributed by atoms with Crippen LogP contribution in [-0.4, -0.2) is 71.4 Å². The van der Waals surface area contributed by atoms with E-state index in [0.717, 1.165) is 13.1 Å². The Labute approximate surface area is 111 Å². The number of carbonyl (C=O) groups is 2. The standard InChI is InChI=1S/C12H17N5O2/c1-16-4-6-17(7-5-16)11(18)9-15-12(19)10-8-13-2-3-14-10/h2-3,8H,4-7,9H2,1H3,(H,15,19). The van der Waals surface area contributed by atoms with Gasteiger partial charge in [-0.3, -0.25) is 14.6 Å². The molecule has 1 aromatic rings. The van der Waals surface area contributed by atoms with E-state index in [-0.39, 0.29) is 24.1 Å². The predicted octanol–water partition coefficient (Wildman–Crippen LogP) is -1.02. The minimum absolute atomic E-state index is 0.000871. The molecule has 1 aliphatic heterocycles. The summed E-state index contributed by atoms with van der Waals surface area (Å²) in [6.45, 7) is 3.14. The third-order valence-corrected chi connectivity index (χ3v) is 3.05. The minimum Gasteiger partial charge on any atom is -0.342 e. The van der Waals surface area contributed by atoms with Crippen LogP contribution in [0.25, 0.3) is 0 Å². The molecule has 7 nitrogen and oxygen atoms in total. The Hall–Kier alpha value is -2.02. The molecule has 0 bridgehead atoms. The van der Waals surface area contributed by atoms with Crippen molar-refractivity contribution in [1.29, 1.82) is 0 Å². The Balaban J connectivity index is 1.79. The molecule has 2 amide bonds. The van der Waals surface area contributed by atoms with Crippen LogP contribution >= 0.6 is 0 Å². The van der Waals surface area contributed by atoms with E-state index in [2.05, 4.69) is 20.2 Å². The molecular weight excluding hydrogens is 246 g/mol. The number of hydrogen-bond acceptors (Lipinski definition) is 5. The van der Waals surface area contributed by atoms with Gasteiger partial charge >= 0.3 is 0 Å². The molecule has 7 heteroatoms. The predicted molar refractivity (Wildman–Crippen MR) is 68.4 cm³/mol. The van der Waals surface area contributed by atoms with Gasteiger partial charge in [0.05, 0.1) is 12.7 Å². The summed E-state index contributed by atoms with van der Waals surface area (Å²) in [6.07, 6.45) is 4.30. The van der Waals surface area contributed by atoms with Gasteiger partial charge in [-0.15, -0.1) is 0 Å². The Bertz CT molecular complexity index is 443. The number of nitrogens with zero attached hydrogens (tertiary/aromatic N) is 4. The molecule has 0 spiro atoms. The highest BCUT2D eigenvalue weighted by molar-refractivity contribution is 5.94. The van der Waals surface area contributed by atoms with Gasteiger partial charge in [-0.05, 0) is 7.05 Å². The second-order valence-electron chi connectivity index (χ2n) is 4.46. The molecule has 0 aliphatic carbocycles. The first-order valence-electron chi connectivity index (χ1n) is 6.17. The highest BCUT2D eigenvalue weighted by Gasteiger charge is 2.19. The summed E-state index contributed by atoms with van der Waals surface area (Å²) >= 11 is 0. The average Bonchev–Trinajstić information content (AvgIpc) is 2.46. The zero-order valence-electron chi connectivity index (χ0n) is 10.9. The van der Waals surface area contributed by atoms with Crippen LogP contribution in [0.2, 0.25) is 0 Å². The van der Waals surface area contributed by atoms with Gasteiger partial charge in [0.25, 0.3) is 5.91 Å². The molecule has 1 aromatic heterocycles. The second-order valence-corrected chi connectivity index (χ2v) is 4.46. The lowest BCUT2D eigenvalue weighted by Gasteiger charge is -2.32. The number of rotatable bonds is 3. The highest BCUT2D eigenvalue weighted by Crippen LogP contribution is 1.99. The molecule has 1 fully saturated rings. The largest absolute Gasteiger partial charge is 0.342 e. The number of hydrogen-bond donors (Lipinski definition) is 1. The van der Waals surface area contributed by atoms with Crippen LogP contribution in [0.1, 0.15) is 10.5 Å². The van der Waals surface area contributed by atoms with E-state index in [0.29, 0.717) is 13.1 Å². The average molecular weight is 263 g/mol. The molecule has 0 unspecified atom stereocenters. The van der Waals surface area contributed by atoms with Gasteiger partial charge in [0, 0.05) is 38.6 Å². The number of amides is 2. The van der Waals surface area contributed by atoms with E-state index in [1.807, 2.05) is 7.05 Å². The van der Waals surface area contributed by atoms with Crippen LogP contribution in [-0.2, 0) is 4.79 Å². The van der Waals surface area contributed by atoms with Crippen molar-refractivity contribution < 1.29 is 9.59 Å². The maximum absolute atomic E-state index is 11.9. The van der Waals surface area contributed by atoms with E-state index in [4.69, 9.17) is 0 Å². The molecule has 2 heterocycles. The van der Waals surface area contributed by atoms with Gasteiger partial charge in [-0.25, -0.2) is 4.98 Å². The van der Waals surface area contributed by atoms with E-state index < -0.39 is 0 Å². The Morgan fingerprint density at radius 1 is 1.26 bits per heavy atom. The minimum atomic E-state index is -0.379. The SMILES string of the molecule is CN1CCN(C(=O)CNC(=O)c2cnccn2)CC1. The third-order valence-electron chi connectivity index (χ3n) is 3.05. The lowest BCUT2D eigenvalue weighted by Crippen LogP contribution is -2.50. The molecule has 0 aromatic carbocycles. The number of carbonyl (C=O) groups excluding carboxylic acids is 2. The molecule has 1 aliphatic rings. The first-order valence-corrected chi connectivity index (χ1v) is 6.17. The summed E-state index contributed by atoms with van der Waals surface area (Å²) in [5.74, 6) is -0.444. The lowest BCUT2D eigenvalue weighted by molar-refractivity contribution is -0.131. The number of piperazine rings is 1.